The molecule has 108 valence electrons. The molecular formula is C13H11ClN4OS2. The topological polar surface area (TPSA) is 63.8 Å². The van der Waals surface area contributed by atoms with Gasteiger partial charge in [-0.25, -0.2) is 4.98 Å². The van der Waals surface area contributed by atoms with Gasteiger partial charge in [0.25, 0.3) is 0 Å². The molecule has 0 fully saturated rings. The summed E-state index contributed by atoms with van der Waals surface area (Å²) in [6.07, 6.45) is 3.42. The molecule has 0 aliphatic carbocycles. The fraction of sp³-hybridized carbons (Fsp3) is 0.154. The second-order valence-corrected chi connectivity index (χ2v) is 6.67. The number of thioether (sulfide) groups is 1. The lowest BCUT2D eigenvalue weighted by Gasteiger charge is -1.98. The van der Waals surface area contributed by atoms with Crippen LogP contribution in [0.3, 0.4) is 0 Å². The van der Waals surface area contributed by atoms with Crippen molar-refractivity contribution in [1.29, 1.82) is 0 Å². The third-order valence-corrected chi connectivity index (χ3v) is 4.86. The number of rotatable bonds is 6. The van der Waals surface area contributed by atoms with E-state index in [2.05, 4.69) is 20.5 Å². The fourth-order valence-electron chi connectivity index (χ4n) is 1.55. The largest absolute Gasteiger partial charge is 0.467 e. The number of hydrogen-bond donors (Lipinski definition) is 1. The molecule has 0 atom stereocenters. The lowest BCUT2D eigenvalue weighted by atomic mass is 10.3. The summed E-state index contributed by atoms with van der Waals surface area (Å²) in [5.41, 5.74) is 1.10. The zero-order valence-electron chi connectivity index (χ0n) is 10.8. The van der Waals surface area contributed by atoms with Gasteiger partial charge in [0.1, 0.15) is 10.9 Å². The fourth-order valence-corrected chi connectivity index (χ4v) is 3.35. The van der Waals surface area contributed by atoms with Gasteiger partial charge in [0, 0.05) is 11.9 Å². The Balaban J connectivity index is 1.51. The smallest absolute Gasteiger partial charge is 0.206 e. The molecule has 1 N–H and O–H groups in total. The first-order valence-electron chi connectivity index (χ1n) is 6.12. The number of hydrogen-bond acceptors (Lipinski definition) is 7. The minimum absolute atomic E-state index is 0.504. The van der Waals surface area contributed by atoms with E-state index in [0.29, 0.717) is 11.7 Å². The van der Waals surface area contributed by atoms with E-state index in [4.69, 9.17) is 16.0 Å². The van der Waals surface area contributed by atoms with E-state index in [1.54, 1.807) is 30.3 Å². The van der Waals surface area contributed by atoms with Crippen LogP contribution in [0.15, 0.2) is 45.5 Å². The average Bonchev–Trinajstić information content (AvgIpc) is 3.16. The third-order valence-electron chi connectivity index (χ3n) is 2.55. The van der Waals surface area contributed by atoms with Gasteiger partial charge in [-0.05, 0) is 23.8 Å². The van der Waals surface area contributed by atoms with Gasteiger partial charge < -0.3 is 9.73 Å². The van der Waals surface area contributed by atoms with Crippen LogP contribution in [-0.4, -0.2) is 15.2 Å². The highest BCUT2D eigenvalue weighted by molar-refractivity contribution is 8.00. The Morgan fingerprint density at radius 2 is 2.24 bits per heavy atom. The van der Waals surface area contributed by atoms with Crippen LogP contribution < -0.4 is 5.32 Å². The van der Waals surface area contributed by atoms with Crippen molar-refractivity contribution in [2.45, 2.75) is 16.6 Å². The van der Waals surface area contributed by atoms with Crippen molar-refractivity contribution in [3.05, 3.63) is 53.2 Å². The van der Waals surface area contributed by atoms with Crippen LogP contribution in [-0.2, 0) is 12.3 Å². The van der Waals surface area contributed by atoms with Crippen molar-refractivity contribution < 1.29 is 4.42 Å². The molecular weight excluding hydrogens is 328 g/mol. The Kier molecular flexibility index (Phi) is 4.74. The molecule has 0 unspecified atom stereocenters. The van der Waals surface area contributed by atoms with Gasteiger partial charge in [-0.2, -0.15) is 0 Å². The Bertz CT molecular complexity index is 685. The molecule has 8 heteroatoms. The van der Waals surface area contributed by atoms with E-state index in [1.807, 2.05) is 18.2 Å². The van der Waals surface area contributed by atoms with Gasteiger partial charge >= 0.3 is 0 Å². The Labute approximate surface area is 134 Å². The van der Waals surface area contributed by atoms with Crippen molar-refractivity contribution in [3.63, 3.8) is 0 Å². The van der Waals surface area contributed by atoms with E-state index >= 15 is 0 Å². The number of pyridine rings is 1. The maximum atomic E-state index is 5.76. The quantitative estimate of drug-likeness (QED) is 0.539. The van der Waals surface area contributed by atoms with E-state index in [9.17, 15) is 0 Å². The van der Waals surface area contributed by atoms with Crippen molar-refractivity contribution >= 4 is 39.8 Å². The lowest BCUT2D eigenvalue weighted by molar-refractivity contribution is 0.518. The zero-order chi connectivity index (χ0) is 14.5. The van der Waals surface area contributed by atoms with E-state index in [0.717, 1.165) is 26.5 Å². The first-order valence-corrected chi connectivity index (χ1v) is 8.30. The van der Waals surface area contributed by atoms with Crippen molar-refractivity contribution in [2.24, 2.45) is 0 Å². The standard InChI is InChI=1S/C13H11ClN4OS2/c14-11-4-3-9(6-15-11)8-20-13-18-17-12(21-13)16-7-10-2-1-5-19-10/h1-6H,7-8H2,(H,16,17). The average molecular weight is 339 g/mol. The second-order valence-electron chi connectivity index (χ2n) is 4.08. The van der Waals surface area contributed by atoms with Crippen molar-refractivity contribution in [1.82, 2.24) is 15.2 Å². The summed E-state index contributed by atoms with van der Waals surface area (Å²) in [6.45, 7) is 0.605. The Morgan fingerprint density at radius 3 is 3.00 bits per heavy atom. The zero-order valence-corrected chi connectivity index (χ0v) is 13.2. The van der Waals surface area contributed by atoms with E-state index < -0.39 is 0 Å². The molecule has 3 aromatic rings. The van der Waals surface area contributed by atoms with Crippen LogP contribution in [0, 0.1) is 0 Å². The predicted molar refractivity (Wildman–Crippen MR) is 84.8 cm³/mol. The van der Waals surface area contributed by atoms with Gasteiger partial charge in [-0.1, -0.05) is 40.8 Å². The molecule has 0 amide bonds. The van der Waals surface area contributed by atoms with Gasteiger partial charge in [-0.3, -0.25) is 0 Å². The molecule has 3 rings (SSSR count). The SMILES string of the molecule is Clc1ccc(CSc2nnc(NCc3ccco3)s2)cn1. The van der Waals surface area contributed by atoms with Gasteiger partial charge in [0.2, 0.25) is 5.13 Å². The van der Waals surface area contributed by atoms with E-state index in [1.165, 1.54) is 11.3 Å². The summed E-state index contributed by atoms with van der Waals surface area (Å²) < 4.78 is 6.16. The minimum Gasteiger partial charge on any atom is -0.467 e. The molecule has 21 heavy (non-hydrogen) atoms. The summed E-state index contributed by atoms with van der Waals surface area (Å²) in [5, 5.41) is 12.7. The summed E-state index contributed by atoms with van der Waals surface area (Å²) in [5.74, 6) is 1.66. The van der Waals surface area contributed by atoms with Crippen LogP contribution in [0.25, 0.3) is 0 Å². The number of nitrogens with one attached hydrogen (secondary N) is 1. The summed E-state index contributed by atoms with van der Waals surface area (Å²) in [7, 11) is 0. The lowest BCUT2D eigenvalue weighted by Crippen LogP contribution is -1.96. The third kappa shape index (κ3) is 4.20. The van der Waals surface area contributed by atoms with Crippen LogP contribution in [0.5, 0.6) is 0 Å². The molecule has 0 bridgehead atoms. The number of furan rings is 1. The van der Waals surface area contributed by atoms with Crippen LogP contribution >= 0.6 is 34.7 Å². The number of halogens is 1. The number of nitrogens with zero attached hydrogens (tertiary/aromatic N) is 3. The van der Waals surface area contributed by atoms with Gasteiger partial charge in [0.15, 0.2) is 4.34 Å². The highest BCUT2D eigenvalue weighted by Crippen LogP contribution is 2.28. The highest BCUT2D eigenvalue weighted by Gasteiger charge is 2.06. The van der Waals surface area contributed by atoms with Gasteiger partial charge in [0.05, 0.1) is 12.8 Å². The monoisotopic (exact) mass is 338 g/mol. The molecule has 0 spiro atoms. The molecule has 0 saturated carbocycles. The Morgan fingerprint density at radius 1 is 1.29 bits per heavy atom. The molecule has 3 heterocycles. The second kappa shape index (κ2) is 6.93. The molecule has 0 aliphatic rings. The number of aromatic nitrogens is 3. The molecule has 0 saturated heterocycles. The predicted octanol–water partition coefficient (Wildman–Crippen LogP) is 4.08. The molecule has 3 aromatic heterocycles. The summed E-state index contributed by atoms with van der Waals surface area (Å²) in [6, 6.07) is 7.52. The molecule has 5 nitrogen and oxygen atoms in total. The maximum absolute atomic E-state index is 5.76. The van der Waals surface area contributed by atoms with Crippen LogP contribution in [0.2, 0.25) is 5.15 Å². The maximum Gasteiger partial charge on any atom is 0.206 e. The first-order chi connectivity index (χ1) is 10.3. The number of anilines is 1. The molecule has 0 radical (unpaired) electrons. The summed E-state index contributed by atoms with van der Waals surface area (Å²) >= 11 is 8.90. The van der Waals surface area contributed by atoms with Crippen molar-refractivity contribution in [2.75, 3.05) is 5.32 Å². The first kappa shape index (κ1) is 14.4. The minimum atomic E-state index is 0.504. The van der Waals surface area contributed by atoms with Crippen LogP contribution in [0.4, 0.5) is 5.13 Å². The Hall–Kier alpha value is -1.57. The molecule has 0 aromatic carbocycles. The normalized spacial score (nSPS) is 10.7. The highest BCUT2D eigenvalue weighted by atomic mass is 35.5. The summed E-state index contributed by atoms with van der Waals surface area (Å²) in [4.78, 5) is 4.05. The van der Waals surface area contributed by atoms with Gasteiger partial charge in [-0.15, -0.1) is 10.2 Å². The van der Waals surface area contributed by atoms with Crippen molar-refractivity contribution in [3.8, 4) is 0 Å². The van der Waals surface area contributed by atoms with Crippen LogP contribution in [0.1, 0.15) is 11.3 Å². The van der Waals surface area contributed by atoms with E-state index in [-0.39, 0.29) is 0 Å². The molecule has 0 aliphatic heterocycles.